The Hall–Kier alpha value is -2.64. The van der Waals surface area contributed by atoms with E-state index in [2.05, 4.69) is 0 Å². The van der Waals surface area contributed by atoms with Gasteiger partial charge in [0, 0.05) is 0 Å². The van der Waals surface area contributed by atoms with E-state index in [1.165, 1.54) is 0 Å². The Morgan fingerprint density at radius 1 is 0.760 bits per heavy atom. The van der Waals surface area contributed by atoms with Gasteiger partial charge >= 0.3 is 19.6 Å². The van der Waals surface area contributed by atoms with Crippen molar-refractivity contribution >= 4 is 19.6 Å². The Balaban J connectivity index is 1.70. The zero-order chi connectivity index (χ0) is 18.1. The van der Waals surface area contributed by atoms with Crippen LogP contribution in [0.2, 0.25) is 0 Å². The molecule has 6 nitrogen and oxygen atoms in total. The molecule has 2 aromatic rings. The predicted molar refractivity (Wildman–Crippen MR) is 94.2 cm³/mol. The maximum Gasteiger partial charge on any atom is 0.662 e. The summed E-state index contributed by atoms with van der Waals surface area (Å²) in [5.41, 5.74) is 13.4. The van der Waals surface area contributed by atoms with Gasteiger partial charge in [-0.3, -0.25) is 9.59 Å². The molecule has 0 unspecified atom stereocenters. The van der Waals surface area contributed by atoms with Crippen molar-refractivity contribution in [3.8, 4) is 0 Å². The van der Waals surface area contributed by atoms with Crippen molar-refractivity contribution in [2.24, 2.45) is 11.5 Å². The highest BCUT2D eigenvalue weighted by Crippen LogP contribution is 2.04. The van der Waals surface area contributed by atoms with E-state index >= 15 is 0 Å². The maximum absolute atomic E-state index is 11.8. The van der Waals surface area contributed by atoms with Crippen LogP contribution in [-0.2, 0) is 31.7 Å². The fraction of sp³-hybridized carbons (Fsp3) is 0.222. The number of benzene rings is 2. The lowest BCUT2D eigenvalue weighted by Gasteiger charge is -2.13. The Morgan fingerprint density at radius 3 is 1.48 bits per heavy atom. The van der Waals surface area contributed by atoms with Gasteiger partial charge in [-0.2, -0.15) is 0 Å². The zero-order valence-corrected chi connectivity index (χ0v) is 13.7. The van der Waals surface area contributed by atoms with Crippen molar-refractivity contribution in [1.29, 1.82) is 0 Å². The lowest BCUT2D eigenvalue weighted by molar-refractivity contribution is -0.140. The van der Waals surface area contributed by atoms with Gasteiger partial charge in [0.25, 0.3) is 0 Å². The molecule has 0 aliphatic heterocycles. The van der Waals surface area contributed by atoms with Gasteiger partial charge in [-0.1, -0.05) is 60.7 Å². The molecule has 2 aromatic carbocycles. The Labute approximate surface area is 147 Å². The maximum atomic E-state index is 11.8. The first kappa shape index (κ1) is 18.7. The largest absolute Gasteiger partial charge is 0.662 e. The minimum absolute atomic E-state index is 0.328. The lowest BCUT2D eigenvalue weighted by Crippen LogP contribution is -2.38. The minimum Gasteiger partial charge on any atom is -0.498 e. The molecule has 4 N–H and O–H groups in total. The molecule has 0 saturated carbocycles. The molecule has 0 aromatic heterocycles. The molecular weight excluding hydrogens is 319 g/mol. The third-order valence-corrected chi connectivity index (χ3v) is 3.53. The number of carbonyl (C=O) groups excluding carboxylic acids is 2. The Kier molecular flexibility index (Phi) is 7.19. The molecule has 0 spiro atoms. The molecule has 129 valence electrons. The summed E-state index contributed by atoms with van der Waals surface area (Å²) in [5.74, 6) is -1.37. The van der Waals surface area contributed by atoms with Gasteiger partial charge < -0.3 is 20.8 Å². The van der Waals surface area contributed by atoms with E-state index in [0.29, 0.717) is 20.5 Å². The number of hydrogen-bond donors (Lipinski definition) is 2. The summed E-state index contributed by atoms with van der Waals surface area (Å²) >= 11 is 0. The first-order chi connectivity index (χ1) is 12.1. The summed E-state index contributed by atoms with van der Waals surface area (Å²) < 4.78 is 9.52. The Bertz CT molecular complexity index is 622. The highest BCUT2D eigenvalue weighted by atomic mass is 16.6. The van der Waals surface area contributed by atoms with E-state index < -0.39 is 24.0 Å². The molecule has 1 radical (unpaired) electrons. The van der Waals surface area contributed by atoms with Crippen molar-refractivity contribution in [2.45, 2.75) is 24.9 Å². The number of hydrogen-bond acceptors (Lipinski definition) is 6. The van der Waals surface area contributed by atoms with Crippen LogP contribution in [0.1, 0.15) is 11.1 Å². The van der Waals surface area contributed by atoms with E-state index in [9.17, 15) is 9.59 Å². The summed E-state index contributed by atoms with van der Waals surface area (Å²) in [6.07, 6.45) is 0.657. The standard InChI is InChI=1S/C18H20BN2O4/c20-15(11-13-7-3-1-4-8-13)17(22)24-19-25-18(23)16(21)12-14-9-5-2-6-10-14/h1-10,15-16H,11-12,20-21H2/t15-,16-/m0/s1. The highest BCUT2D eigenvalue weighted by Gasteiger charge is 2.21. The van der Waals surface area contributed by atoms with Gasteiger partial charge in [0.15, 0.2) is 0 Å². The second-order valence-electron chi connectivity index (χ2n) is 5.56. The van der Waals surface area contributed by atoms with E-state index in [1.807, 2.05) is 60.7 Å². The van der Waals surface area contributed by atoms with Gasteiger partial charge in [-0.05, 0) is 24.0 Å². The van der Waals surface area contributed by atoms with Crippen LogP contribution in [0.4, 0.5) is 0 Å². The van der Waals surface area contributed by atoms with Crippen LogP contribution in [0.25, 0.3) is 0 Å². The first-order valence-electron chi connectivity index (χ1n) is 7.88. The van der Waals surface area contributed by atoms with Gasteiger partial charge in [0.2, 0.25) is 0 Å². The molecule has 25 heavy (non-hydrogen) atoms. The molecule has 2 rings (SSSR count). The van der Waals surface area contributed by atoms with Crippen LogP contribution >= 0.6 is 0 Å². The van der Waals surface area contributed by atoms with E-state index in [-0.39, 0.29) is 0 Å². The third-order valence-electron chi connectivity index (χ3n) is 3.53. The predicted octanol–water partition coefficient (Wildman–Crippen LogP) is 0.747. The molecule has 7 heteroatoms. The van der Waals surface area contributed by atoms with E-state index in [4.69, 9.17) is 20.8 Å². The second kappa shape index (κ2) is 9.61. The Morgan fingerprint density at radius 2 is 1.12 bits per heavy atom. The topological polar surface area (TPSA) is 105 Å². The van der Waals surface area contributed by atoms with Gasteiger partial charge in [0.1, 0.15) is 12.1 Å². The monoisotopic (exact) mass is 339 g/mol. The second-order valence-corrected chi connectivity index (χ2v) is 5.56. The van der Waals surface area contributed by atoms with Crippen molar-refractivity contribution in [2.75, 3.05) is 0 Å². The van der Waals surface area contributed by atoms with Crippen molar-refractivity contribution < 1.29 is 18.9 Å². The highest BCUT2D eigenvalue weighted by molar-refractivity contribution is 6.26. The van der Waals surface area contributed by atoms with Crippen LogP contribution in [-0.4, -0.2) is 31.7 Å². The molecule has 0 heterocycles. The lowest BCUT2D eigenvalue weighted by atomic mass is 10.1. The average Bonchev–Trinajstić information content (AvgIpc) is 2.63. The zero-order valence-electron chi connectivity index (χ0n) is 13.7. The molecule has 0 fully saturated rings. The van der Waals surface area contributed by atoms with Crippen LogP contribution in [0.15, 0.2) is 60.7 Å². The molecule has 0 amide bonds. The summed E-state index contributed by atoms with van der Waals surface area (Å²) in [6.45, 7) is 0. The molecule has 0 aliphatic rings. The SMILES string of the molecule is N[C@@H](Cc1ccccc1)C(=O)O[B]OC(=O)[C@@H](N)Cc1ccccc1. The number of rotatable bonds is 8. The fourth-order valence-electron chi connectivity index (χ4n) is 2.20. The smallest absolute Gasteiger partial charge is 0.498 e. The van der Waals surface area contributed by atoms with Crippen molar-refractivity contribution in [3.63, 3.8) is 0 Å². The van der Waals surface area contributed by atoms with Gasteiger partial charge in [-0.15, -0.1) is 0 Å². The molecule has 0 bridgehead atoms. The summed E-state index contributed by atoms with van der Waals surface area (Å²) in [7, 11) is 0.681. The summed E-state index contributed by atoms with van der Waals surface area (Å²) in [6, 6.07) is 16.9. The van der Waals surface area contributed by atoms with E-state index in [1.54, 1.807) is 0 Å². The summed E-state index contributed by atoms with van der Waals surface area (Å²) in [4.78, 5) is 23.6. The number of carbonyl (C=O) groups is 2. The van der Waals surface area contributed by atoms with Crippen LogP contribution < -0.4 is 11.5 Å². The molecule has 2 atom stereocenters. The fourth-order valence-corrected chi connectivity index (χ4v) is 2.20. The average molecular weight is 339 g/mol. The molecule has 0 saturated heterocycles. The normalized spacial score (nSPS) is 12.7. The van der Waals surface area contributed by atoms with Crippen LogP contribution in [0.5, 0.6) is 0 Å². The third kappa shape index (κ3) is 6.41. The number of nitrogens with two attached hydrogens (primary N) is 2. The van der Waals surface area contributed by atoms with Crippen molar-refractivity contribution in [1.82, 2.24) is 0 Å². The quantitative estimate of drug-likeness (QED) is 0.688. The van der Waals surface area contributed by atoms with Gasteiger partial charge in [0.05, 0.1) is 0 Å². The van der Waals surface area contributed by atoms with Crippen molar-refractivity contribution in [3.05, 3.63) is 71.8 Å². The van der Waals surface area contributed by atoms with E-state index in [0.717, 1.165) is 11.1 Å². The first-order valence-corrected chi connectivity index (χ1v) is 7.88. The summed E-state index contributed by atoms with van der Waals surface area (Å²) in [5, 5.41) is 0. The van der Waals surface area contributed by atoms with Crippen LogP contribution in [0.3, 0.4) is 0 Å². The molecular formula is C18H20BN2O4. The van der Waals surface area contributed by atoms with Gasteiger partial charge in [-0.25, -0.2) is 0 Å². The van der Waals surface area contributed by atoms with Crippen LogP contribution in [0, 0.1) is 0 Å². The minimum atomic E-state index is -0.852. The molecule has 0 aliphatic carbocycles.